The SMILES string of the molecule is COC(=O)C(COc1ccc(O)cc1)c1cccc(F)c1. The molecule has 5 heteroatoms. The van der Waals surface area contributed by atoms with Crippen LogP contribution in [0.25, 0.3) is 0 Å². The lowest BCUT2D eigenvalue weighted by atomic mass is 10.00. The Bertz CT molecular complexity index is 610. The molecule has 0 bridgehead atoms. The Morgan fingerprint density at radius 1 is 1.24 bits per heavy atom. The van der Waals surface area contributed by atoms with E-state index in [-0.39, 0.29) is 12.4 Å². The Morgan fingerprint density at radius 3 is 2.57 bits per heavy atom. The van der Waals surface area contributed by atoms with Gasteiger partial charge in [0.2, 0.25) is 0 Å². The smallest absolute Gasteiger partial charge is 0.316 e. The third-order valence-electron chi connectivity index (χ3n) is 2.99. The Kier molecular flexibility index (Phi) is 4.77. The highest BCUT2D eigenvalue weighted by molar-refractivity contribution is 5.78. The summed E-state index contributed by atoms with van der Waals surface area (Å²) in [5.74, 6) is -1.03. The van der Waals surface area contributed by atoms with Crippen molar-refractivity contribution < 1.29 is 23.8 Å². The second kappa shape index (κ2) is 6.74. The maximum absolute atomic E-state index is 13.3. The molecule has 0 aliphatic rings. The second-order valence-electron chi connectivity index (χ2n) is 4.44. The number of halogens is 1. The van der Waals surface area contributed by atoms with Crippen molar-refractivity contribution in [2.24, 2.45) is 0 Å². The molecular formula is C16H15FO4. The molecule has 0 radical (unpaired) electrons. The van der Waals surface area contributed by atoms with E-state index in [1.165, 1.54) is 37.4 Å². The highest BCUT2D eigenvalue weighted by atomic mass is 19.1. The average Bonchev–Trinajstić information content (AvgIpc) is 2.49. The number of carbonyl (C=O) groups excluding carboxylic acids is 1. The van der Waals surface area contributed by atoms with Crippen molar-refractivity contribution in [3.63, 3.8) is 0 Å². The lowest BCUT2D eigenvalue weighted by Crippen LogP contribution is -2.21. The quantitative estimate of drug-likeness (QED) is 0.860. The summed E-state index contributed by atoms with van der Waals surface area (Å²) >= 11 is 0. The van der Waals surface area contributed by atoms with Crippen molar-refractivity contribution in [3.05, 3.63) is 59.9 Å². The highest BCUT2D eigenvalue weighted by Crippen LogP contribution is 2.22. The van der Waals surface area contributed by atoms with Gasteiger partial charge in [-0.15, -0.1) is 0 Å². The molecule has 0 aromatic heterocycles. The number of carbonyl (C=O) groups is 1. The molecule has 0 amide bonds. The molecule has 2 aromatic carbocycles. The maximum Gasteiger partial charge on any atom is 0.316 e. The van der Waals surface area contributed by atoms with E-state index in [1.54, 1.807) is 18.2 Å². The van der Waals surface area contributed by atoms with Crippen molar-refractivity contribution in [1.82, 2.24) is 0 Å². The lowest BCUT2D eigenvalue weighted by Gasteiger charge is -2.16. The molecule has 1 N–H and O–H groups in total. The first-order chi connectivity index (χ1) is 10.1. The van der Waals surface area contributed by atoms with Crippen LogP contribution >= 0.6 is 0 Å². The van der Waals surface area contributed by atoms with E-state index >= 15 is 0 Å². The summed E-state index contributed by atoms with van der Waals surface area (Å²) in [6, 6.07) is 11.9. The minimum absolute atomic E-state index is 0.0148. The Hall–Kier alpha value is -2.56. The Morgan fingerprint density at radius 2 is 1.95 bits per heavy atom. The zero-order valence-corrected chi connectivity index (χ0v) is 11.5. The fourth-order valence-corrected chi connectivity index (χ4v) is 1.89. The molecule has 1 atom stereocenters. The Balaban J connectivity index is 2.13. The van der Waals surface area contributed by atoms with E-state index in [0.717, 1.165) is 0 Å². The minimum atomic E-state index is -0.723. The molecule has 0 saturated carbocycles. The number of hydrogen-bond donors (Lipinski definition) is 1. The number of rotatable bonds is 5. The van der Waals surface area contributed by atoms with Gasteiger partial charge >= 0.3 is 5.97 Å². The number of esters is 1. The fraction of sp³-hybridized carbons (Fsp3) is 0.188. The van der Waals surface area contributed by atoms with Crippen molar-refractivity contribution in [1.29, 1.82) is 0 Å². The maximum atomic E-state index is 13.3. The van der Waals surface area contributed by atoms with Crippen LogP contribution < -0.4 is 4.74 Å². The van der Waals surface area contributed by atoms with Crippen LogP contribution in [0.5, 0.6) is 11.5 Å². The molecule has 2 aromatic rings. The molecule has 0 aliphatic heterocycles. The van der Waals surface area contributed by atoms with Crippen LogP contribution in [0.1, 0.15) is 11.5 Å². The number of hydrogen-bond acceptors (Lipinski definition) is 4. The number of methoxy groups -OCH3 is 1. The molecule has 0 spiro atoms. The first kappa shape index (κ1) is 14.8. The predicted octanol–water partition coefficient (Wildman–Crippen LogP) is 2.87. The molecule has 0 aliphatic carbocycles. The topological polar surface area (TPSA) is 55.8 Å². The molecule has 110 valence electrons. The van der Waals surface area contributed by atoms with Crippen LogP contribution in [0.3, 0.4) is 0 Å². The summed E-state index contributed by atoms with van der Waals surface area (Å²) < 4.78 is 23.5. The molecule has 0 fully saturated rings. The first-order valence-corrected chi connectivity index (χ1v) is 6.35. The minimum Gasteiger partial charge on any atom is -0.508 e. The monoisotopic (exact) mass is 290 g/mol. The average molecular weight is 290 g/mol. The van der Waals surface area contributed by atoms with Gasteiger partial charge in [-0.25, -0.2) is 4.39 Å². The molecule has 1 unspecified atom stereocenters. The third kappa shape index (κ3) is 3.95. The van der Waals surface area contributed by atoms with Crippen molar-refractivity contribution in [2.75, 3.05) is 13.7 Å². The molecule has 0 heterocycles. The Labute approximate surface area is 121 Å². The van der Waals surface area contributed by atoms with E-state index < -0.39 is 17.7 Å². The van der Waals surface area contributed by atoms with Gasteiger partial charge in [-0.2, -0.15) is 0 Å². The van der Waals surface area contributed by atoms with Gasteiger partial charge in [-0.3, -0.25) is 4.79 Å². The van der Waals surface area contributed by atoms with E-state index in [9.17, 15) is 14.3 Å². The van der Waals surface area contributed by atoms with Gasteiger partial charge in [-0.05, 0) is 42.0 Å². The molecule has 0 saturated heterocycles. The van der Waals surface area contributed by atoms with Gasteiger partial charge in [0.1, 0.15) is 29.8 Å². The number of aromatic hydroxyl groups is 1. The van der Waals surface area contributed by atoms with Crippen LogP contribution in [0.2, 0.25) is 0 Å². The van der Waals surface area contributed by atoms with Crippen LogP contribution in [0.15, 0.2) is 48.5 Å². The summed E-state index contributed by atoms with van der Waals surface area (Å²) in [6.07, 6.45) is 0. The van der Waals surface area contributed by atoms with E-state index in [4.69, 9.17) is 9.47 Å². The van der Waals surface area contributed by atoms with Gasteiger partial charge in [0.15, 0.2) is 0 Å². The largest absolute Gasteiger partial charge is 0.508 e. The van der Waals surface area contributed by atoms with Crippen LogP contribution in [-0.4, -0.2) is 24.8 Å². The zero-order valence-electron chi connectivity index (χ0n) is 11.5. The van der Waals surface area contributed by atoms with E-state index in [1.807, 2.05) is 0 Å². The summed E-state index contributed by atoms with van der Waals surface area (Å²) in [5, 5.41) is 9.20. The van der Waals surface area contributed by atoms with Crippen molar-refractivity contribution >= 4 is 5.97 Å². The normalized spacial score (nSPS) is 11.7. The van der Waals surface area contributed by atoms with E-state index in [0.29, 0.717) is 11.3 Å². The molecule has 2 rings (SSSR count). The predicted molar refractivity (Wildman–Crippen MR) is 74.8 cm³/mol. The second-order valence-corrected chi connectivity index (χ2v) is 4.44. The zero-order chi connectivity index (χ0) is 15.2. The van der Waals surface area contributed by atoms with Gasteiger partial charge in [0.05, 0.1) is 7.11 Å². The molecular weight excluding hydrogens is 275 g/mol. The molecule has 21 heavy (non-hydrogen) atoms. The molecule has 4 nitrogen and oxygen atoms in total. The summed E-state index contributed by atoms with van der Waals surface area (Å²) in [6.45, 7) is 0.0148. The van der Waals surface area contributed by atoms with Gasteiger partial charge < -0.3 is 14.6 Å². The van der Waals surface area contributed by atoms with Crippen LogP contribution in [-0.2, 0) is 9.53 Å². The van der Waals surface area contributed by atoms with Gasteiger partial charge in [0, 0.05) is 0 Å². The number of phenolic OH excluding ortho intramolecular Hbond substituents is 1. The third-order valence-corrected chi connectivity index (χ3v) is 2.99. The highest BCUT2D eigenvalue weighted by Gasteiger charge is 2.22. The summed E-state index contributed by atoms with van der Waals surface area (Å²) in [4.78, 5) is 11.8. The van der Waals surface area contributed by atoms with E-state index in [2.05, 4.69) is 0 Å². The summed E-state index contributed by atoms with van der Waals surface area (Å²) in [7, 11) is 1.27. The fourth-order valence-electron chi connectivity index (χ4n) is 1.89. The lowest BCUT2D eigenvalue weighted by molar-refractivity contribution is -0.143. The van der Waals surface area contributed by atoms with Crippen LogP contribution in [0, 0.1) is 5.82 Å². The number of ether oxygens (including phenoxy) is 2. The van der Waals surface area contributed by atoms with Gasteiger partial charge in [0.25, 0.3) is 0 Å². The van der Waals surface area contributed by atoms with Crippen molar-refractivity contribution in [2.45, 2.75) is 5.92 Å². The number of benzene rings is 2. The van der Waals surface area contributed by atoms with Crippen molar-refractivity contribution in [3.8, 4) is 11.5 Å². The van der Waals surface area contributed by atoms with Gasteiger partial charge in [-0.1, -0.05) is 12.1 Å². The number of phenols is 1. The standard InChI is InChI=1S/C16H15FO4/c1-20-16(19)15(11-3-2-4-12(17)9-11)10-21-14-7-5-13(18)6-8-14/h2-9,15,18H,10H2,1H3. The summed E-state index contributed by atoms with van der Waals surface area (Å²) in [5.41, 5.74) is 0.487. The van der Waals surface area contributed by atoms with Crippen LogP contribution in [0.4, 0.5) is 4.39 Å². The first-order valence-electron chi connectivity index (χ1n) is 6.35.